The van der Waals surface area contributed by atoms with Gasteiger partial charge in [0.1, 0.15) is 9.84 Å². The molecular formula is C25H24BrN3O3S. The third-order valence-electron chi connectivity index (χ3n) is 7.17. The maximum Gasteiger partial charge on any atom is 0.195 e. The van der Waals surface area contributed by atoms with Gasteiger partial charge in [0.2, 0.25) is 0 Å². The van der Waals surface area contributed by atoms with Crippen molar-refractivity contribution in [3.63, 3.8) is 0 Å². The van der Waals surface area contributed by atoms with E-state index in [-0.39, 0.29) is 11.0 Å². The van der Waals surface area contributed by atoms with Gasteiger partial charge < -0.3 is 9.88 Å². The standard InChI is InChI=1S/C25H24BrN3O3S/c1-25(2)18-12-21(29-8-6-15(7-9-29)33(3,31)32)19(26)11-17(18)23(30)22-16-5-4-14(13-27)10-20(16)28-24(22)25/h4-5,10-12,15,28H,6-9H2,1-3H3. The first-order chi connectivity index (χ1) is 15.5. The van der Waals surface area contributed by atoms with E-state index < -0.39 is 15.3 Å². The number of halogens is 1. The molecule has 0 bridgehead atoms. The van der Waals surface area contributed by atoms with Crippen LogP contribution in [-0.2, 0) is 15.3 Å². The van der Waals surface area contributed by atoms with Gasteiger partial charge in [-0.05, 0) is 58.6 Å². The van der Waals surface area contributed by atoms with Crippen molar-refractivity contribution in [2.24, 2.45) is 0 Å². The van der Waals surface area contributed by atoms with Gasteiger partial charge in [-0.1, -0.05) is 19.9 Å². The molecule has 3 aromatic rings. The second-order valence-electron chi connectivity index (χ2n) is 9.57. The zero-order valence-electron chi connectivity index (χ0n) is 18.7. The largest absolute Gasteiger partial charge is 0.371 e. The van der Waals surface area contributed by atoms with E-state index in [2.05, 4.69) is 51.8 Å². The van der Waals surface area contributed by atoms with Gasteiger partial charge in [0.05, 0.1) is 28.1 Å². The minimum atomic E-state index is -3.04. The van der Waals surface area contributed by atoms with Crippen molar-refractivity contribution in [1.29, 1.82) is 5.26 Å². The van der Waals surface area contributed by atoms with Crippen molar-refractivity contribution < 1.29 is 13.2 Å². The SMILES string of the molecule is CC1(C)c2cc(N3CCC(S(C)(=O)=O)CC3)c(Br)cc2C(=O)c2c1[nH]c1cc(C#N)ccc21. The summed E-state index contributed by atoms with van der Waals surface area (Å²) < 4.78 is 24.7. The lowest BCUT2D eigenvalue weighted by Crippen LogP contribution is -2.39. The molecule has 1 aliphatic carbocycles. The van der Waals surface area contributed by atoms with Crippen molar-refractivity contribution in [1.82, 2.24) is 4.98 Å². The molecule has 1 N–H and O–H groups in total. The highest BCUT2D eigenvalue weighted by molar-refractivity contribution is 9.10. The van der Waals surface area contributed by atoms with Crippen LogP contribution in [0.3, 0.4) is 0 Å². The molecule has 8 heteroatoms. The number of hydrogen-bond acceptors (Lipinski definition) is 5. The summed E-state index contributed by atoms with van der Waals surface area (Å²) >= 11 is 3.67. The molecule has 0 amide bonds. The number of nitriles is 1. The highest BCUT2D eigenvalue weighted by Gasteiger charge is 2.40. The number of piperidine rings is 1. The summed E-state index contributed by atoms with van der Waals surface area (Å²) in [6, 6.07) is 11.5. The van der Waals surface area contributed by atoms with Gasteiger partial charge in [-0.2, -0.15) is 5.26 Å². The number of ketones is 1. The first kappa shape index (κ1) is 22.2. The number of anilines is 1. The quantitative estimate of drug-likeness (QED) is 0.523. The fourth-order valence-electron chi connectivity index (χ4n) is 5.27. The lowest BCUT2D eigenvalue weighted by atomic mass is 9.71. The second kappa shape index (κ2) is 7.44. The van der Waals surface area contributed by atoms with Crippen LogP contribution in [0.2, 0.25) is 0 Å². The topological polar surface area (TPSA) is 94.0 Å². The maximum absolute atomic E-state index is 13.6. The number of H-pyrrole nitrogens is 1. The molecule has 0 unspecified atom stereocenters. The maximum atomic E-state index is 13.6. The molecule has 0 spiro atoms. The van der Waals surface area contributed by atoms with Gasteiger partial charge in [-0.3, -0.25) is 4.79 Å². The molecule has 0 atom stereocenters. The Hall–Kier alpha value is -2.63. The molecule has 2 aliphatic rings. The lowest BCUT2D eigenvalue weighted by molar-refractivity contribution is 0.103. The van der Waals surface area contributed by atoms with Crippen molar-refractivity contribution in [3.8, 4) is 6.07 Å². The van der Waals surface area contributed by atoms with E-state index in [9.17, 15) is 18.5 Å². The molecule has 33 heavy (non-hydrogen) atoms. The van der Waals surface area contributed by atoms with Crippen LogP contribution in [0.25, 0.3) is 10.9 Å². The number of hydrogen-bond donors (Lipinski definition) is 1. The summed E-state index contributed by atoms with van der Waals surface area (Å²) in [6.07, 6.45) is 2.50. The Morgan fingerprint density at radius 1 is 1.18 bits per heavy atom. The Morgan fingerprint density at radius 3 is 2.52 bits per heavy atom. The van der Waals surface area contributed by atoms with Crippen LogP contribution < -0.4 is 4.90 Å². The number of rotatable bonds is 2. The summed E-state index contributed by atoms with van der Waals surface area (Å²) in [5.74, 6) is -0.0293. The van der Waals surface area contributed by atoms with Crippen molar-refractivity contribution >= 4 is 48.1 Å². The van der Waals surface area contributed by atoms with E-state index in [0.717, 1.165) is 32.3 Å². The molecule has 0 radical (unpaired) electrons. The van der Waals surface area contributed by atoms with E-state index in [4.69, 9.17) is 0 Å². The molecular weight excluding hydrogens is 502 g/mol. The molecule has 1 saturated heterocycles. The van der Waals surface area contributed by atoms with Crippen LogP contribution in [0.5, 0.6) is 0 Å². The van der Waals surface area contributed by atoms with Crippen molar-refractivity contribution in [3.05, 3.63) is 62.8 Å². The van der Waals surface area contributed by atoms with E-state index in [1.165, 1.54) is 6.26 Å². The van der Waals surface area contributed by atoms with Gasteiger partial charge in [-0.25, -0.2) is 8.42 Å². The predicted octanol–water partition coefficient (Wildman–Crippen LogP) is 4.69. The third kappa shape index (κ3) is 3.41. The summed E-state index contributed by atoms with van der Waals surface area (Å²) in [5.41, 5.74) is 4.99. The molecule has 6 nitrogen and oxygen atoms in total. The Kier molecular flexibility index (Phi) is 5.00. The zero-order valence-corrected chi connectivity index (χ0v) is 21.1. The van der Waals surface area contributed by atoms with E-state index in [1.807, 2.05) is 12.1 Å². The molecule has 1 aliphatic heterocycles. The van der Waals surface area contributed by atoms with E-state index in [0.29, 0.717) is 42.6 Å². The monoisotopic (exact) mass is 525 g/mol. The van der Waals surface area contributed by atoms with Crippen LogP contribution in [-0.4, -0.2) is 43.8 Å². The molecule has 1 aromatic heterocycles. The third-order valence-corrected chi connectivity index (χ3v) is 9.49. The average Bonchev–Trinajstić information content (AvgIpc) is 3.17. The molecule has 5 rings (SSSR count). The molecule has 2 heterocycles. The number of nitrogens with zero attached hydrogens (tertiary/aromatic N) is 2. The summed E-state index contributed by atoms with van der Waals surface area (Å²) in [4.78, 5) is 19.3. The van der Waals surface area contributed by atoms with Crippen molar-refractivity contribution in [2.75, 3.05) is 24.2 Å². The molecule has 1 fully saturated rings. The zero-order chi connectivity index (χ0) is 23.7. The van der Waals surface area contributed by atoms with Gasteiger partial charge >= 0.3 is 0 Å². The van der Waals surface area contributed by atoms with Crippen molar-refractivity contribution in [2.45, 2.75) is 37.4 Å². The summed E-state index contributed by atoms with van der Waals surface area (Å²) in [7, 11) is -3.04. The summed E-state index contributed by atoms with van der Waals surface area (Å²) in [6.45, 7) is 5.51. The fraction of sp³-hybridized carbons (Fsp3) is 0.360. The normalized spacial score (nSPS) is 18.2. The second-order valence-corrected chi connectivity index (χ2v) is 12.7. The number of aromatic nitrogens is 1. The van der Waals surface area contributed by atoms with Gasteiger partial charge in [-0.15, -0.1) is 0 Å². The minimum Gasteiger partial charge on any atom is -0.371 e. The number of carbonyl (C=O) groups excluding carboxylic acids is 1. The molecule has 0 saturated carbocycles. The van der Waals surface area contributed by atoms with Crippen LogP contribution >= 0.6 is 15.9 Å². The number of aromatic amines is 1. The number of benzene rings is 2. The number of fused-ring (bicyclic) bond motifs is 4. The first-order valence-electron chi connectivity index (χ1n) is 10.9. The minimum absolute atomic E-state index is 0.0293. The number of carbonyl (C=O) groups is 1. The van der Waals surface area contributed by atoms with Crippen LogP contribution in [0.15, 0.2) is 34.8 Å². The smallest absolute Gasteiger partial charge is 0.195 e. The van der Waals surface area contributed by atoms with Gasteiger partial charge in [0.15, 0.2) is 5.78 Å². The molecule has 170 valence electrons. The average molecular weight is 526 g/mol. The van der Waals surface area contributed by atoms with Crippen LogP contribution in [0.1, 0.15) is 59.4 Å². The van der Waals surface area contributed by atoms with Gasteiger partial charge in [0, 0.05) is 51.4 Å². The number of sulfone groups is 1. The Bertz CT molecular complexity index is 1470. The highest BCUT2D eigenvalue weighted by Crippen LogP contribution is 2.46. The molecule has 2 aromatic carbocycles. The Labute approximate surface area is 201 Å². The van der Waals surface area contributed by atoms with Crippen LogP contribution in [0.4, 0.5) is 5.69 Å². The fourth-order valence-corrected chi connectivity index (χ4v) is 6.94. The predicted molar refractivity (Wildman–Crippen MR) is 133 cm³/mol. The Morgan fingerprint density at radius 2 is 1.88 bits per heavy atom. The highest BCUT2D eigenvalue weighted by atomic mass is 79.9. The van der Waals surface area contributed by atoms with E-state index in [1.54, 1.807) is 12.1 Å². The van der Waals surface area contributed by atoms with E-state index >= 15 is 0 Å². The summed E-state index contributed by atoms with van der Waals surface area (Å²) in [5, 5.41) is 9.80. The van der Waals surface area contributed by atoms with Crippen LogP contribution in [0, 0.1) is 11.3 Å². The van der Waals surface area contributed by atoms with Gasteiger partial charge in [0.25, 0.3) is 0 Å². The Balaban J connectivity index is 1.60. The number of nitrogens with one attached hydrogen (secondary N) is 1. The first-order valence-corrected chi connectivity index (χ1v) is 13.7. The lowest BCUT2D eigenvalue weighted by Gasteiger charge is -2.37.